The first-order chi connectivity index (χ1) is 12.6. The second kappa shape index (κ2) is 7.95. The van der Waals surface area contributed by atoms with E-state index >= 15 is 0 Å². The third kappa shape index (κ3) is 4.17. The van der Waals surface area contributed by atoms with E-state index in [4.69, 9.17) is 4.74 Å². The smallest absolute Gasteiger partial charge is 0.325 e. The van der Waals surface area contributed by atoms with Crippen molar-refractivity contribution in [2.75, 3.05) is 11.9 Å². The molecule has 0 spiro atoms. The van der Waals surface area contributed by atoms with Crippen LogP contribution < -0.4 is 5.32 Å². The van der Waals surface area contributed by atoms with Gasteiger partial charge in [-0.15, -0.1) is 0 Å². The molecule has 2 aromatic carbocycles. The highest BCUT2D eigenvalue weighted by Gasteiger charge is 2.12. The Hall–Kier alpha value is -2.95. The van der Waals surface area contributed by atoms with E-state index < -0.39 is 0 Å². The molecular weight excluding hydrogens is 326 g/mol. The van der Waals surface area contributed by atoms with Gasteiger partial charge in [0.05, 0.1) is 17.3 Å². The monoisotopic (exact) mass is 349 g/mol. The first-order valence-electron chi connectivity index (χ1n) is 8.84. The molecule has 0 aliphatic heterocycles. The van der Waals surface area contributed by atoms with Crippen LogP contribution in [0.3, 0.4) is 0 Å². The summed E-state index contributed by atoms with van der Waals surface area (Å²) < 4.78 is 5.28. The van der Waals surface area contributed by atoms with Crippen LogP contribution in [-0.4, -0.2) is 28.6 Å². The number of anilines is 1. The number of aromatic nitrogens is 2. The number of carbonyl (C=O) groups excluding carboxylic acids is 1. The van der Waals surface area contributed by atoms with Gasteiger partial charge in [-0.2, -0.15) is 0 Å². The fourth-order valence-electron chi connectivity index (χ4n) is 2.64. The molecule has 5 nitrogen and oxygen atoms in total. The van der Waals surface area contributed by atoms with Crippen molar-refractivity contribution in [1.82, 2.24) is 9.97 Å². The number of hydrogen-bond donors (Lipinski definition) is 1. The Kier molecular flexibility index (Phi) is 5.46. The summed E-state index contributed by atoms with van der Waals surface area (Å²) in [5, 5.41) is 3.98. The summed E-state index contributed by atoms with van der Waals surface area (Å²) in [7, 11) is 0. The van der Waals surface area contributed by atoms with Gasteiger partial charge in [0, 0.05) is 10.9 Å². The molecule has 0 saturated carbocycles. The van der Waals surface area contributed by atoms with Gasteiger partial charge in [0.15, 0.2) is 0 Å². The molecule has 0 saturated heterocycles. The molecule has 0 amide bonds. The van der Waals surface area contributed by atoms with Gasteiger partial charge in [-0.05, 0) is 32.4 Å². The molecule has 0 bridgehead atoms. The zero-order valence-corrected chi connectivity index (χ0v) is 15.3. The second-order valence-corrected chi connectivity index (χ2v) is 6.34. The van der Waals surface area contributed by atoms with Gasteiger partial charge in [0.1, 0.15) is 6.54 Å². The van der Waals surface area contributed by atoms with Gasteiger partial charge in [0.25, 0.3) is 0 Å². The number of carbonyl (C=O) groups is 1. The predicted octanol–water partition coefficient (Wildman–Crippen LogP) is 4.36. The maximum atomic E-state index is 11.9. The van der Waals surface area contributed by atoms with Crippen molar-refractivity contribution in [1.29, 1.82) is 0 Å². The largest absolute Gasteiger partial charge is 0.461 e. The minimum absolute atomic E-state index is 0.0376. The predicted molar refractivity (Wildman–Crippen MR) is 104 cm³/mol. The van der Waals surface area contributed by atoms with E-state index in [0.29, 0.717) is 5.95 Å². The molecule has 0 unspecified atom stereocenters. The molecule has 1 aromatic heterocycles. The standard InChI is InChI=1S/C21H23N3O2/c1-4-15(3)26-19(25)13-22-21-23-18-11-10-14(2)12-17(18)20(24-21)16-8-6-5-7-9-16/h5-12,15H,4,13H2,1-3H3,(H,22,23,24)/t15-/m1/s1. The van der Waals surface area contributed by atoms with Crippen LogP contribution in [0.2, 0.25) is 0 Å². The van der Waals surface area contributed by atoms with E-state index in [1.165, 1.54) is 0 Å². The Labute approximate surface area is 153 Å². The van der Waals surface area contributed by atoms with Crippen LogP contribution in [0.4, 0.5) is 5.95 Å². The van der Waals surface area contributed by atoms with Gasteiger partial charge in [-0.25, -0.2) is 9.97 Å². The van der Waals surface area contributed by atoms with E-state index in [1.54, 1.807) is 0 Å². The maximum Gasteiger partial charge on any atom is 0.325 e. The Morgan fingerprint density at radius 3 is 2.65 bits per heavy atom. The van der Waals surface area contributed by atoms with Crippen LogP contribution >= 0.6 is 0 Å². The van der Waals surface area contributed by atoms with E-state index in [1.807, 2.05) is 63.2 Å². The van der Waals surface area contributed by atoms with E-state index in [9.17, 15) is 4.79 Å². The van der Waals surface area contributed by atoms with Gasteiger partial charge in [-0.3, -0.25) is 4.79 Å². The van der Waals surface area contributed by atoms with Crippen LogP contribution in [0, 0.1) is 6.92 Å². The molecule has 26 heavy (non-hydrogen) atoms. The first kappa shape index (κ1) is 17.9. The molecule has 0 aliphatic rings. The third-order valence-corrected chi connectivity index (χ3v) is 4.20. The number of fused-ring (bicyclic) bond motifs is 1. The van der Waals surface area contributed by atoms with Crippen molar-refractivity contribution < 1.29 is 9.53 Å². The number of aryl methyl sites for hydroxylation is 1. The molecule has 3 rings (SSSR count). The molecule has 134 valence electrons. The van der Waals surface area contributed by atoms with Gasteiger partial charge in [-0.1, -0.05) is 48.9 Å². The maximum absolute atomic E-state index is 11.9. The Morgan fingerprint density at radius 2 is 1.92 bits per heavy atom. The third-order valence-electron chi connectivity index (χ3n) is 4.20. The van der Waals surface area contributed by atoms with E-state index in [-0.39, 0.29) is 18.6 Å². The summed E-state index contributed by atoms with van der Waals surface area (Å²) in [6, 6.07) is 16.1. The van der Waals surface area contributed by atoms with Crippen LogP contribution in [0.5, 0.6) is 0 Å². The van der Waals surface area contributed by atoms with Crippen molar-refractivity contribution in [3.05, 3.63) is 54.1 Å². The zero-order chi connectivity index (χ0) is 18.5. The molecule has 5 heteroatoms. The summed E-state index contributed by atoms with van der Waals surface area (Å²) >= 11 is 0. The highest BCUT2D eigenvalue weighted by molar-refractivity contribution is 5.93. The van der Waals surface area contributed by atoms with E-state index in [2.05, 4.69) is 21.4 Å². The van der Waals surface area contributed by atoms with Crippen molar-refractivity contribution in [2.24, 2.45) is 0 Å². The van der Waals surface area contributed by atoms with Crippen LogP contribution in [0.25, 0.3) is 22.2 Å². The average molecular weight is 349 g/mol. The van der Waals surface area contributed by atoms with Gasteiger partial charge in [0.2, 0.25) is 5.95 Å². The summed E-state index contributed by atoms with van der Waals surface area (Å²) in [6.45, 7) is 5.94. The van der Waals surface area contributed by atoms with Crippen LogP contribution in [0.15, 0.2) is 48.5 Å². The number of rotatable bonds is 6. The van der Waals surface area contributed by atoms with Crippen molar-refractivity contribution in [2.45, 2.75) is 33.3 Å². The van der Waals surface area contributed by atoms with Gasteiger partial charge < -0.3 is 10.1 Å². The summed E-state index contributed by atoms with van der Waals surface area (Å²) in [4.78, 5) is 21.1. The minimum atomic E-state index is -0.312. The van der Waals surface area contributed by atoms with Gasteiger partial charge >= 0.3 is 5.97 Å². The highest BCUT2D eigenvalue weighted by atomic mass is 16.5. The molecule has 1 N–H and O–H groups in total. The second-order valence-electron chi connectivity index (χ2n) is 6.34. The lowest BCUT2D eigenvalue weighted by molar-refractivity contribution is -0.146. The Balaban J connectivity index is 1.92. The van der Waals surface area contributed by atoms with Crippen LogP contribution in [-0.2, 0) is 9.53 Å². The number of ether oxygens (including phenoxy) is 1. The van der Waals surface area contributed by atoms with Crippen molar-refractivity contribution >= 4 is 22.8 Å². The number of nitrogens with one attached hydrogen (secondary N) is 1. The minimum Gasteiger partial charge on any atom is -0.461 e. The quantitative estimate of drug-likeness (QED) is 0.670. The number of esters is 1. The fourth-order valence-corrected chi connectivity index (χ4v) is 2.64. The Morgan fingerprint density at radius 1 is 1.15 bits per heavy atom. The lowest BCUT2D eigenvalue weighted by atomic mass is 10.0. The molecule has 3 aromatic rings. The first-order valence-corrected chi connectivity index (χ1v) is 8.84. The van der Waals surface area contributed by atoms with E-state index in [0.717, 1.165) is 34.1 Å². The fraction of sp³-hybridized carbons (Fsp3) is 0.286. The average Bonchev–Trinajstić information content (AvgIpc) is 2.66. The van der Waals surface area contributed by atoms with Crippen LogP contribution in [0.1, 0.15) is 25.8 Å². The molecule has 0 aliphatic carbocycles. The van der Waals surface area contributed by atoms with Crippen molar-refractivity contribution in [3.63, 3.8) is 0 Å². The lowest BCUT2D eigenvalue weighted by Crippen LogP contribution is -2.22. The molecular formula is C21H23N3O2. The summed E-state index contributed by atoms with van der Waals surface area (Å²) in [5.74, 6) is 0.106. The molecule has 0 radical (unpaired) electrons. The topological polar surface area (TPSA) is 64.1 Å². The lowest BCUT2D eigenvalue weighted by Gasteiger charge is -2.13. The summed E-state index contributed by atoms with van der Waals surface area (Å²) in [5.41, 5.74) is 3.84. The molecule has 1 heterocycles. The normalized spacial score (nSPS) is 12.0. The summed E-state index contributed by atoms with van der Waals surface area (Å²) in [6.07, 6.45) is 0.695. The Bertz CT molecular complexity index is 910. The number of benzene rings is 2. The number of hydrogen-bond acceptors (Lipinski definition) is 5. The molecule has 0 fully saturated rings. The highest BCUT2D eigenvalue weighted by Crippen LogP contribution is 2.27. The number of nitrogens with zero attached hydrogens (tertiary/aromatic N) is 2. The molecule has 1 atom stereocenters. The SMILES string of the molecule is CC[C@@H](C)OC(=O)CNc1nc(-c2ccccc2)c2cc(C)ccc2n1. The zero-order valence-electron chi connectivity index (χ0n) is 15.3. The van der Waals surface area contributed by atoms with Crippen molar-refractivity contribution in [3.8, 4) is 11.3 Å².